The normalized spacial score (nSPS) is 10.9. The molecule has 0 aliphatic rings. The molecule has 3 nitrogen and oxygen atoms in total. The molecule has 0 aliphatic heterocycles. The first-order valence-electron chi connectivity index (χ1n) is 5.75. The molecule has 0 saturated carbocycles. The molecule has 2 aromatic rings. The second-order valence-electron chi connectivity index (χ2n) is 3.99. The van der Waals surface area contributed by atoms with Gasteiger partial charge in [0.25, 0.3) is 0 Å². The predicted octanol–water partition coefficient (Wildman–Crippen LogP) is 3.13. The molecule has 0 fully saturated rings. The van der Waals surface area contributed by atoms with Crippen LogP contribution < -0.4 is 5.73 Å². The maximum atomic E-state index is 13.7. The molecule has 0 spiro atoms. The summed E-state index contributed by atoms with van der Waals surface area (Å²) in [5.41, 5.74) is 6.94. The fourth-order valence-corrected chi connectivity index (χ4v) is 2.97. The van der Waals surface area contributed by atoms with E-state index in [-0.39, 0.29) is 5.82 Å². The van der Waals surface area contributed by atoms with Crippen molar-refractivity contribution in [1.82, 2.24) is 4.98 Å². The van der Waals surface area contributed by atoms with Gasteiger partial charge in [0.05, 0.1) is 17.3 Å². The zero-order valence-corrected chi connectivity index (χ0v) is 12.0. The Morgan fingerprint density at radius 1 is 1.47 bits per heavy atom. The topological polar surface area (TPSA) is 48.1 Å². The minimum atomic E-state index is -0.315. The monoisotopic (exact) mass is 300 g/mol. The fraction of sp³-hybridized carbons (Fsp3) is 0.308. The molecular weight excluding hydrogens is 287 g/mol. The van der Waals surface area contributed by atoms with E-state index in [9.17, 15) is 4.39 Å². The standard InChI is InChI=1S/C13H14ClFN2OS/c1-18-7-11-12(6-16)19-13(17-11)5-8-9(14)3-2-4-10(8)15/h2-4H,5-7,16H2,1H3. The lowest BCUT2D eigenvalue weighted by Crippen LogP contribution is -1.99. The molecule has 2 N–H and O–H groups in total. The molecule has 0 atom stereocenters. The summed E-state index contributed by atoms with van der Waals surface area (Å²) in [6, 6.07) is 4.66. The highest BCUT2D eigenvalue weighted by atomic mass is 35.5. The maximum Gasteiger partial charge on any atom is 0.128 e. The van der Waals surface area contributed by atoms with Gasteiger partial charge in [-0.05, 0) is 12.1 Å². The first kappa shape index (κ1) is 14.4. The van der Waals surface area contributed by atoms with Crippen molar-refractivity contribution in [3.63, 3.8) is 0 Å². The third kappa shape index (κ3) is 3.30. The summed E-state index contributed by atoms with van der Waals surface area (Å²) in [7, 11) is 1.60. The third-order valence-electron chi connectivity index (χ3n) is 2.68. The van der Waals surface area contributed by atoms with Gasteiger partial charge in [-0.25, -0.2) is 9.37 Å². The van der Waals surface area contributed by atoms with Gasteiger partial charge in [-0.1, -0.05) is 17.7 Å². The van der Waals surface area contributed by atoms with Gasteiger partial charge in [0.1, 0.15) is 5.82 Å². The Labute approximate surface area is 120 Å². The second-order valence-corrected chi connectivity index (χ2v) is 5.57. The van der Waals surface area contributed by atoms with E-state index < -0.39 is 0 Å². The first-order chi connectivity index (χ1) is 9.15. The number of hydrogen-bond donors (Lipinski definition) is 1. The number of nitrogens with two attached hydrogens (primary N) is 1. The van der Waals surface area contributed by atoms with Crippen LogP contribution in [-0.4, -0.2) is 12.1 Å². The minimum absolute atomic E-state index is 0.315. The average Bonchev–Trinajstić information content (AvgIpc) is 2.77. The van der Waals surface area contributed by atoms with Crippen molar-refractivity contribution in [2.24, 2.45) is 5.73 Å². The summed E-state index contributed by atoms with van der Waals surface area (Å²) in [5.74, 6) is -0.315. The molecule has 19 heavy (non-hydrogen) atoms. The van der Waals surface area contributed by atoms with Gasteiger partial charge in [-0.15, -0.1) is 11.3 Å². The van der Waals surface area contributed by atoms with E-state index >= 15 is 0 Å². The Hall–Kier alpha value is -1.01. The average molecular weight is 301 g/mol. The van der Waals surface area contributed by atoms with Crippen LogP contribution in [0.3, 0.4) is 0 Å². The number of hydrogen-bond acceptors (Lipinski definition) is 4. The number of thiazole rings is 1. The van der Waals surface area contributed by atoms with Crippen LogP contribution in [0.5, 0.6) is 0 Å². The van der Waals surface area contributed by atoms with Gasteiger partial charge < -0.3 is 10.5 Å². The molecule has 0 bridgehead atoms. The van der Waals surface area contributed by atoms with Gasteiger partial charge in [0.2, 0.25) is 0 Å². The lowest BCUT2D eigenvalue weighted by molar-refractivity contribution is 0.181. The van der Waals surface area contributed by atoms with Crippen molar-refractivity contribution in [3.05, 3.63) is 50.2 Å². The number of ether oxygens (including phenoxy) is 1. The van der Waals surface area contributed by atoms with Crippen molar-refractivity contribution < 1.29 is 9.13 Å². The van der Waals surface area contributed by atoms with E-state index in [1.54, 1.807) is 19.2 Å². The van der Waals surface area contributed by atoms with Gasteiger partial charge in [0, 0.05) is 35.5 Å². The highest BCUT2D eigenvalue weighted by molar-refractivity contribution is 7.11. The number of methoxy groups -OCH3 is 1. The minimum Gasteiger partial charge on any atom is -0.378 e. The molecule has 0 amide bonds. The Bertz CT molecular complexity index is 554. The highest BCUT2D eigenvalue weighted by Crippen LogP contribution is 2.26. The lowest BCUT2D eigenvalue weighted by Gasteiger charge is -2.02. The molecule has 0 radical (unpaired) electrons. The van der Waals surface area contributed by atoms with Crippen LogP contribution in [0.15, 0.2) is 18.2 Å². The Balaban J connectivity index is 2.28. The van der Waals surface area contributed by atoms with Crippen LogP contribution >= 0.6 is 22.9 Å². The van der Waals surface area contributed by atoms with E-state index in [1.165, 1.54) is 17.4 Å². The number of benzene rings is 1. The summed E-state index contributed by atoms with van der Waals surface area (Å²) in [6.45, 7) is 0.815. The van der Waals surface area contributed by atoms with E-state index in [1.807, 2.05) is 0 Å². The van der Waals surface area contributed by atoms with E-state index in [0.29, 0.717) is 30.2 Å². The Morgan fingerprint density at radius 2 is 2.26 bits per heavy atom. The quantitative estimate of drug-likeness (QED) is 0.923. The van der Waals surface area contributed by atoms with Crippen LogP contribution in [0.2, 0.25) is 5.02 Å². The predicted molar refractivity (Wildman–Crippen MR) is 74.9 cm³/mol. The molecule has 1 aromatic heterocycles. The van der Waals surface area contributed by atoms with Crippen molar-refractivity contribution >= 4 is 22.9 Å². The van der Waals surface area contributed by atoms with Crippen molar-refractivity contribution in [2.45, 2.75) is 19.6 Å². The molecule has 0 aliphatic carbocycles. The van der Waals surface area contributed by atoms with Crippen molar-refractivity contribution in [3.8, 4) is 0 Å². The van der Waals surface area contributed by atoms with Crippen molar-refractivity contribution in [2.75, 3.05) is 7.11 Å². The summed E-state index contributed by atoms with van der Waals surface area (Å²) in [6.07, 6.45) is 0.368. The number of rotatable bonds is 5. The summed E-state index contributed by atoms with van der Waals surface area (Å²) < 4.78 is 18.8. The summed E-state index contributed by atoms with van der Waals surface area (Å²) in [5, 5.41) is 1.21. The molecule has 0 saturated heterocycles. The number of aromatic nitrogens is 1. The smallest absolute Gasteiger partial charge is 0.128 e. The SMILES string of the molecule is COCc1nc(Cc2c(F)cccc2Cl)sc1CN. The number of halogens is 2. The van der Waals surface area contributed by atoms with Gasteiger partial charge in [-0.2, -0.15) is 0 Å². The molecule has 2 rings (SSSR count). The van der Waals surface area contributed by atoms with Crippen LogP contribution in [0.4, 0.5) is 4.39 Å². The summed E-state index contributed by atoms with van der Waals surface area (Å²) in [4.78, 5) is 5.40. The van der Waals surface area contributed by atoms with Crippen molar-refractivity contribution in [1.29, 1.82) is 0 Å². The molecule has 6 heteroatoms. The van der Waals surface area contributed by atoms with Crippen LogP contribution in [0.1, 0.15) is 21.1 Å². The van der Waals surface area contributed by atoms with Crippen LogP contribution in [-0.2, 0) is 24.3 Å². The third-order valence-corrected chi connectivity index (χ3v) is 4.15. The van der Waals surface area contributed by atoms with E-state index in [4.69, 9.17) is 22.1 Å². The van der Waals surface area contributed by atoms with E-state index in [0.717, 1.165) is 15.6 Å². The van der Waals surface area contributed by atoms with Gasteiger partial charge in [-0.3, -0.25) is 0 Å². The van der Waals surface area contributed by atoms with Crippen LogP contribution in [0.25, 0.3) is 0 Å². The largest absolute Gasteiger partial charge is 0.378 e. The first-order valence-corrected chi connectivity index (χ1v) is 6.94. The molecular formula is C13H14ClFN2OS. The molecule has 1 aromatic carbocycles. The number of nitrogens with zero attached hydrogens (tertiary/aromatic N) is 1. The molecule has 0 unspecified atom stereocenters. The second kappa shape index (κ2) is 6.43. The zero-order valence-electron chi connectivity index (χ0n) is 10.5. The Kier molecular flexibility index (Phi) is 4.87. The zero-order chi connectivity index (χ0) is 13.8. The van der Waals surface area contributed by atoms with Gasteiger partial charge >= 0.3 is 0 Å². The summed E-state index contributed by atoms with van der Waals surface area (Å²) >= 11 is 7.48. The maximum absolute atomic E-state index is 13.7. The lowest BCUT2D eigenvalue weighted by atomic mass is 10.1. The molecule has 1 heterocycles. The fourth-order valence-electron chi connectivity index (χ4n) is 1.77. The highest BCUT2D eigenvalue weighted by Gasteiger charge is 2.14. The Morgan fingerprint density at radius 3 is 2.89 bits per heavy atom. The van der Waals surface area contributed by atoms with Gasteiger partial charge in [0.15, 0.2) is 0 Å². The van der Waals surface area contributed by atoms with E-state index in [2.05, 4.69) is 4.98 Å². The molecule has 102 valence electrons. The van der Waals surface area contributed by atoms with Crippen LogP contribution in [0, 0.1) is 5.82 Å².